The monoisotopic (exact) mass is 345 g/mol. The van der Waals surface area contributed by atoms with Crippen molar-refractivity contribution in [2.45, 2.75) is 10.1 Å². The zero-order chi connectivity index (χ0) is 17.1. The number of carbonyl (C=O) groups is 2. The maximum atomic E-state index is 13.0. The van der Waals surface area contributed by atoms with E-state index in [4.69, 9.17) is 0 Å². The maximum Gasteiger partial charge on any atom is 0.196 e. The molecule has 0 saturated heterocycles. The summed E-state index contributed by atoms with van der Waals surface area (Å²) in [4.78, 5) is 31.3. The highest BCUT2D eigenvalue weighted by Gasteiger charge is 2.35. The highest BCUT2D eigenvalue weighted by Crippen LogP contribution is 2.45. The van der Waals surface area contributed by atoms with Crippen LogP contribution in [0.5, 0.6) is 0 Å². The normalized spacial score (nSPS) is 20.1. The molecule has 0 radical (unpaired) electrons. The van der Waals surface area contributed by atoms with Gasteiger partial charge >= 0.3 is 0 Å². The third kappa shape index (κ3) is 1.99. The predicted molar refractivity (Wildman–Crippen MR) is 96.3 cm³/mol. The first-order valence-electron chi connectivity index (χ1n) is 7.83. The van der Waals surface area contributed by atoms with Gasteiger partial charge in [-0.15, -0.1) is 11.8 Å². The molecule has 3 aliphatic rings. The molecule has 1 heterocycles. The van der Waals surface area contributed by atoms with E-state index >= 15 is 0 Å². The van der Waals surface area contributed by atoms with Crippen LogP contribution < -0.4 is 0 Å². The van der Waals surface area contributed by atoms with Crippen molar-refractivity contribution in [1.82, 2.24) is 0 Å². The third-order valence-electron chi connectivity index (χ3n) is 4.56. The van der Waals surface area contributed by atoms with E-state index in [2.05, 4.69) is 4.99 Å². The largest absolute Gasteiger partial charge is 0.508 e. The van der Waals surface area contributed by atoms with E-state index in [1.807, 2.05) is 6.07 Å². The lowest BCUT2D eigenvalue weighted by molar-refractivity contribution is 0.0979. The second-order valence-electron chi connectivity index (χ2n) is 6.04. The Balaban J connectivity index is 1.75. The van der Waals surface area contributed by atoms with Crippen LogP contribution in [0.2, 0.25) is 0 Å². The number of aliphatic hydroxyl groups is 1. The molecule has 25 heavy (non-hydrogen) atoms. The second kappa shape index (κ2) is 5.04. The summed E-state index contributed by atoms with van der Waals surface area (Å²) in [6.07, 6.45) is 5.06. The van der Waals surface area contributed by atoms with Crippen molar-refractivity contribution in [3.8, 4) is 0 Å². The van der Waals surface area contributed by atoms with E-state index in [1.165, 1.54) is 11.8 Å². The number of nitrogens with zero attached hydrogens (tertiary/aromatic N) is 1. The SMILES string of the molecule is O=C1c2ccccc2C(=O)c2c1ccc1c2N=C2C=CC(O)=CC2S1. The molecule has 5 heteroatoms. The van der Waals surface area contributed by atoms with Gasteiger partial charge in [-0.05, 0) is 30.4 Å². The molecule has 0 bridgehead atoms. The number of aliphatic hydroxyl groups excluding tert-OH is 1. The standard InChI is InChI=1S/C20H11NO3S/c22-10-5-7-14-16(9-10)25-15-8-6-13-17(18(15)21-14)20(24)12-4-2-1-3-11(12)19(13)23/h1-9,16,22H. The molecule has 2 aromatic rings. The average Bonchev–Trinajstić information content (AvgIpc) is 2.63. The Labute approximate surface area is 147 Å². The zero-order valence-corrected chi connectivity index (χ0v) is 13.7. The molecular weight excluding hydrogens is 334 g/mol. The van der Waals surface area contributed by atoms with Gasteiger partial charge in [0.15, 0.2) is 11.6 Å². The number of carbonyl (C=O) groups excluding carboxylic acids is 2. The van der Waals surface area contributed by atoms with E-state index in [-0.39, 0.29) is 22.6 Å². The van der Waals surface area contributed by atoms with E-state index in [0.717, 1.165) is 10.6 Å². The molecule has 120 valence electrons. The van der Waals surface area contributed by atoms with E-state index in [9.17, 15) is 14.7 Å². The lowest BCUT2D eigenvalue weighted by atomic mass is 9.83. The molecule has 1 aliphatic heterocycles. The van der Waals surface area contributed by atoms with Gasteiger partial charge in [-0.3, -0.25) is 9.59 Å². The number of rotatable bonds is 0. The van der Waals surface area contributed by atoms with Crippen molar-refractivity contribution in [3.05, 3.63) is 82.6 Å². The molecule has 5 rings (SSSR count). The Morgan fingerprint density at radius 1 is 0.920 bits per heavy atom. The number of ketones is 2. The van der Waals surface area contributed by atoms with E-state index < -0.39 is 0 Å². The van der Waals surface area contributed by atoms with Crippen molar-refractivity contribution in [3.63, 3.8) is 0 Å². The quantitative estimate of drug-likeness (QED) is 0.668. The zero-order valence-electron chi connectivity index (χ0n) is 12.9. The van der Waals surface area contributed by atoms with Gasteiger partial charge in [0, 0.05) is 21.6 Å². The Hall–Kier alpha value is -2.92. The third-order valence-corrected chi connectivity index (χ3v) is 5.78. The number of hydrogen-bond acceptors (Lipinski definition) is 5. The molecule has 4 nitrogen and oxygen atoms in total. The number of aliphatic imine (C=N–C) groups is 1. The Morgan fingerprint density at radius 3 is 2.48 bits per heavy atom. The van der Waals surface area contributed by atoms with Crippen LogP contribution in [0, 0.1) is 0 Å². The van der Waals surface area contributed by atoms with Crippen LogP contribution in [0.4, 0.5) is 5.69 Å². The van der Waals surface area contributed by atoms with Gasteiger partial charge in [0.1, 0.15) is 5.76 Å². The molecule has 0 fully saturated rings. The summed E-state index contributed by atoms with van der Waals surface area (Å²) in [7, 11) is 0. The van der Waals surface area contributed by atoms with E-state index in [0.29, 0.717) is 27.9 Å². The van der Waals surface area contributed by atoms with Crippen LogP contribution in [0.15, 0.2) is 70.3 Å². The molecule has 1 atom stereocenters. The average molecular weight is 345 g/mol. The molecule has 2 aliphatic carbocycles. The fourth-order valence-electron chi connectivity index (χ4n) is 3.38. The number of fused-ring (bicyclic) bond motifs is 5. The minimum absolute atomic E-state index is 0.0859. The fraction of sp³-hybridized carbons (Fsp3) is 0.0500. The molecular formula is C20H11NO3S. The van der Waals surface area contributed by atoms with Crippen molar-refractivity contribution in [2.24, 2.45) is 4.99 Å². The van der Waals surface area contributed by atoms with Crippen LogP contribution in [-0.4, -0.2) is 27.6 Å². The summed E-state index contributed by atoms with van der Waals surface area (Å²) in [5, 5.41) is 9.60. The number of hydrogen-bond donors (Lipinski definition) is 1. The lowest BCUT2D eigenvalue weighted by Crippen LogP contribution is -2.23. The van der Waals surface area contributed by atoms with Gasteiger partial charge in [0.25, 0.3) is 0 Å². The highest BCUT2D eigenvalue weighted by atomic mass is 32.2. The summed E-state index contributed by atoms with van der Waals surface area (Å²) in [5.74, 6) is -0.0984. The first kappa shape index (κ1) is 14.4. The molecule has 2 aromatic carbocycles. The van der Waals surface area contributed by atoms with Crippen LogP contribution in [0.3, 0.4) is 0 Å². The Bertz CT molecular complexity index is 1080. The molecule has 0 saturated carbocycles. The molecule has 1 unspecified atom stereocenters. The summed E-state index contributed by atoms with van der Waals surface area (Å²) in [6, 6.07) is 10.4. The summed E-state index contributed by atoms with van der Waals surface area (Å²) in [5.41, 5.74) is 2.98. The summed E-state index contributed by atoms with van der Waals surface area (Å²) in [6.45, 7) is 0. The van der Waals surface area contributed by atoms with Gasteiger partial charge in [-0.25, -0.2) is 4.99 Å². The Morgan fingerprint density at radius 2 is 1.68 bits per heavy atom. The molecule has 0 amide bonds. The van der Waals surface area contributed by atoms with E-state index in [1.54, 1.807) is 48.6 Å². The lowest BCUT2D eigenvalue weighted by Gasteiger charge is -2.26. The molecule has 0 spiro atoms. The number of benzene rings is 2. The van der Waals surface area contributed by atoms with Crippen molar-refractivity contribution in [2.75, 3.05) is 0 Å². The first-order chi connectivity index (χ1) is 12.1. The minimum atomic E-state index is -0.163. The van der Waals surface area contributed by atoms with Gasteiger partial charge in [-0.2, -0.15) is 0 Å². The first-order valence-corrected chi connectivity index (χ1v) is 8.71. The Kier molecular flexibility index (Phi) is 2.91. The van der Waals surface area contributed by atoms with Crippen molar-refractivity contribution >= 4 is 34.7 Å². The van der Waals surface area contributed by atoms with Crippen molar-refractivity contribution in [1.29, 1.82) is 0 Å². The molecule has 1 N–H and O–H groups in total. The maximum absolute atomic E-state index is 13.0. The van der Waals surface area contributed by atoms with Crippen LogP contribution in [-0.2, 0) is 0 Å². The predicted octanol–water partition coefficient (Wildman–Crippen LogP) is 4.02. The number of thioether (sulfide) groups is 1. The summed E-state index contributed by atoms with van der Waals surface area (Å²) >= 11 is 1.52. The second-order valence-corrected chi connectivity index (χ2v) is 7.22. The minimum Gasteiger partial charge on any atom is -0.508 e. The molecule has 0 aromatic heterocycles. The van der Waals surface area contributed by atoms with Crippen molar-refractivity contribution < 1.29 is 14.7 Å². The van der Waals surface area contributed by atoms with Crippen LogP contribution in [0.1, 0.15) is 31.8 Å². The fourth-order valence-corrected chi connectivity index (χ4v) is 4.52. The highest BCUT2D eigenvalue weighted by molar-refractivity contribution is 8.01. The van der Waals surface area contributed by atoms with Crippen LogP contribution >= 0.6 is 11.8 Å². The van der Waals surface area contributed by atoms with Gasteiger partial charge in [0.2, 0.25) is 0 Å². The number of allylic oxidation sites excluding steroid dienone is 2. The van der Waals surface area contributed by atoms with Gasteiger partial charge in [0.05, 0.1) is 22.2 Å². The van der Waals surface area contributed by atoms with Gasteiger partial charge in [-0.1, -0.05) is 24.3 Å². The smallest absolute Gasteiger partial charge is 0.196 e. The summed E-state index contributed by atoms with van der Waals surface area (Å²) < 4.78 is 0. The topological polar surface area (TPSA) is 66.7 Å². The van der Waals surface area contributed by atoms with Crippen LogP contribution in [0.25, 0.3) is 0 Å². The van der Waals surface area contributed by atoms with Gasteiger partial charge < -0.3 is 5.11 Å².